The zero-order valence-corrected chi connectivity index (χ0v) is 16.3. The van der Waals surface area contributed by atoms with Crippen LogP contribution in [0.25, 0.3) is 10.8 Å². The topological polar surface area (TPSA) is 53.5 Å². The number of nitrogens with zero attached hydrogens (tertiary/aromatic N) is 3. The van der Waals surface area contributed by atoms with Crippen molar-refractivity contribution < 1.29 is 8.42 Å². The highest BCUT2D eigenvalue weighted by Gasteiger charge is 2.25. The first-order valence-corrected chi connectivity index (χ1v) is 10.4. The van der Waals surface area contributed by atoms with Gasteiger partial charge in [0.2, 0.25) is 10.0 Å². The van der Waals surface area contributed by atoms with Crippen LogP contribution in [0.4, 0.5) is 0 Å². The maximum Gasteiger partial charge on any atom is 0.243 e. The van der Waals surface area contributed by atoms with Crippen LogP contribution in [-0.4, -0.2) is 56.3 Å². The largest absolute Gasteiger partial charge is 0.308 e. The molecule has 0 fully saturated rings. The minimum atomic E-state index is -3.53. The number of aromatic nitrogens is 1. The van der Waals surface area contributed by atoms with E-state index in [1.54, 1.807) is 34.9 Å². The second-order valence-corrected chi connectivity index (χ2v) is 8.53. The van der Waals surface area contributed by atoms with Crippen LogP contribution in [0, 0.1) is 0 Å². The van der Waals surface area contributed by atoms with E-state index < -0.39 is 10.0 Å². The molecule has 0 aliphatic heterocycles. The van der Waals surface area contributed by atoms with Gasteiger partial charge in [-0.2, -0.15) is 4.31 Å². The van der Waals surface area contributed by atoms with E-state index in [9.17, 15) is 8.42 Å². The summed E-state index contributed by atoms with van der Waals surface area (Å²) in [5.74, 6) is 0. The third kappa shape index (κ3) is 5.23. The standard InChI is InChI=1S/C19H29N3O2S/c1-4-5-6-7-13-22(15-14-21(2)3)25(23,24)19-10-8-9-17-16-20-12-11-18(17)19/h8-12,16H,4-7,13-15H2,1-3H3. The van der Waals surface area contributed by atoms with Gasteiger partial charge in [-0.15, -0.1) is 0 Å². The van der Waals surface area contributed by atoms with Crippen LogP contribution in [0.1, 0.15) is 32.6 Å². The molecule has 0 saturated heterocycles. The second kappa shape index (κ2) is 9.27. The Bertz CT molecular complexity index is 770. The molecule has 0 atom stereocenters. The first kappa shape index (κ1) is 19.8. The summed E-state index contributed by atoms with van der Waals surface area (Å²) in [6, 6.07) is 7.17. The molecule has 6 heteroatoms. The van der Waals surface area contributed by atoms with Gasteiger partial charge in [-0.3, -0.25) is 4.98 Å². The Morgan fingerprint density at radius 2 is 1.80 bits per heavy atom. The molecule has 0 radical (unpaired) electrons. The van der Waals surface area contributed by atoms with E-state index in [1.807, 2.05) is 25.1 Å². The Balaban J connectivity index is 2.31. The third-order valence-electron chi connectivity index (χ3n) is 4.32. The number of pyridine rings is 1. The first-order chi connectivity index (χ1) is 12.0. The van der Waals surface area contributed by atoms with Crippen molar-refractivity contribution in [2.45, 2.75) is 37.5 Å². The van der Waals surface area contributed by atoms with Crippen molar-refractivity contribution in [3.63, 3.8) is 0 Å². The van der Waals surface area contributed by atoms with Crippen molar-refractivity contribution in [1.29, 1.82) is 0 Å². The van der Waals surface area contributed by atoms with Crippen molar-refractivity contribution in [1.82, 2.24) is 14.2 Å². The molecule has 0 N–H and O–H groups in total. The maximum atomic E-state index is 13.3. The van der Waals surface area contributed by atoms with Crippen LogP contribution in [0.3, 0.4) is 0 Å². The average molecular weight is 364 g/mol. The fourth-order valence-electron chi connectivity index (χ4n) is 2.84. The van der Waals surface area contributed by atoms with Crippen LogP contribution < -0.4 is 0 Å². The lowest BCUT2D eigenvalue weighted by Crippen LogP contribution is -2.37. The molecule has 1 aromatic heterocycles. The Morgan fingerprint density at radius 1 is 1.00 bits per heavy atom. The molecule has 0 saturated carbocycles. The van der Waals surface area contributed by atoms with E-state index in [1.165, 1.54) is 0 Å². The summed E-state index contributed by atoms with van der Waals surface area (Å²) < 4.78 is 28.3. The molecular weight excluding hydrogens is 334 g/mol. The molecule has 0 amide bonds. The van der Waals surface area contributed by atoms with Crippen molar-refractivity contribution in [2.75, 3.05) is 33.7 Å². The van der Waals surface area contributed by atoms with Crippen LogP contribution in [0.15, 0.2) is 41.6 Å². The number of unbranched alkanes of at least 4 members (excludes halogenated alkanes) is 3. The number of sulfonamides is 1. The van der Waals surface area contributed by atoms with Gasteiger partial charge in [-0.1, -0.05) is 38.3 Å². The number of hydrogen-bond donors (Lipinski definition) is 0. The zero-order valence-electron chi connectivity index (χ0n) is 15.5. The van der Waals surface area contributed by atoms with Gasteiger partial charge in [0, 0.05) is 42.8 Å². The summed E-state index contributed by atoms with van der Waals surface area (Å²) in [5.41, 5.74) is 0. The predicted molar refractivity (Wildman–Crippen MR) is 103 cm³/mol. The molecule has 0 bridgehead atoms. The number of rotatable bonds is 10. The molecular formula is C19H29N3O2S. The Hall–Kier alpha value is -1.50. The van der Waals surface area contributed by atoms with Crippen molar-refractivity contribution >= 4 is 20.8 Å². The highest BCUT2D eigenvalue weighted by Crippen LogP contribution is 2.25. The van der Waals surface area contributed by atoms with Gasteiger partial charge in [0.05, 0.1) is 4.90 Å². The first-order valence-electron chi connectivity index (χ1n) is 8.94. The van der Waals surface area contributed by atoms with E-state index in [2.05, 4.69) is 11.9 Å². The molecule has 1 heterocycles. The van der Waals surface area contributed by atoms with Gasteiger partial charge in [0.1, 0.15) is 0 Å². The summed E-state index contributed by atoms with van der Waals surface area (Å²) >= 11 is 0. The average Bonchev–Trinajstić information content (AvgIpc) is 2.60. The molecule has 0 unspecified atom stereocenters. The predicted octanol–water partition coefficient (Wildman–Crippen LogP) is 3.37. The second-order valence-electron chi connectivity index (χ2n) is 6.62. The minimum absolute atomic E-state index is 0.377. The van der Waals surface area contributed by atoms with Gasteiger partial charge < -0.3 is 4.90 Å². The SMILES string of the molecule is CCCCCCN(CCN(C)C)S(=O)(=O)c1cccc2cnccc12. The fraction of sp³-hybridized carbons (Fsp3) is 0.526. The Kier molecular flexibility index (Phi) is 7.35. The Labute approximate surface area is 151 Å². The van der Waals surface area contributed by atoms with Gasteiger partial charge >= 0.3 is 0 Å². The normalized spacial score (nSPS) is 12.4. The summed E-state index contributed by atoms with van der Waals surface area (Å²) in [7, 11) is 0.396. The summed E-state index contributed by atoms with van der Waals surface area (Å²) in [6.45, 7) is 3.94. The number of likely N-dealkylation sites (N-methyl/N-ethyl adjacent to an activating group) is 1. The van der Waals surface area contributed by atoms with Crippen molar-refractivity contribution in [3.8, 4) is 0 Å². The molecule has 1 aromatic carbocycles. The van der Waals surface area contributed by atoms with E-state index in [0.717, 1.165) is 36.5 Å². The molecule has 25 heavy (non-hydrogen) atoms. The summed E-state index contributed by atoms with van der Waals surface area (Å²) in [4.78, 5) is 6.49. The van der Waals surface area contributed by atoms with Crippen LogP contribution in [0.2, 0.25) is 0 Å². The van der Waals surface area contributed by atoms with Crippen LogP contribution in [-0.2, 0) is 10.0 Å². The number of hydrogen-bond acceptors (Lipinski definition) is 4. The highest BCUT2D eigenvalue weighted by atomic mass is 32.2. The van der Waals surface area contributed by atoms with Crippen LogP contribution in [0.5, 0.6) is 0 Å². The molecule has 0 aliphatic rings. The van der Waals surface area contributed by atoms with E-state index in [0.29, 0.717) is 24.5 Å². The molecule has 2 aromatic rings. The molecule has 138 valence electrons. The lowest BCUT2D eigenvalue weighted by molar-refractivity contribution is 0.328. The fourth-order valence-corrected chi connectivity index (χ4v) is 4.52. The van der Waals surface area contributed by atoms with Crippen molar-refractivity contribution in [2.24, 2.45) is 0 Å². The lowest BCUT2D eigenvalue weighted by atomic mass is 10.2. The smallest absolute Gasteiger partial charge is 0.243 e. The van der Waals surface area contributed by atoms with Crippen LogP contribution >= 0.6 is 0 Å². The number of benzene rings is 1. The molecule has 2 rings (SSSR count). The van der Waals surface area contributed by atoms with E-state index >= 15 is 0 Å². The quantitative estimate of drug-likeness (QED) is 0.607. The minimum Gasteiger partial charge on any atom is -0.308 e. The molecule has 5 nitrogen and oxygen atoms in total. The van der Waals surface area contributed by atoms with E-state index in [-0.39, 0.29) is 0 Å². The number of fused-ring (bicyclic) bond motifs is 1. The van der Waals surface area contributed by atoms with E-state index in [4.69, 9.17) is 0 Å². The van der Waals surface area contributed by atoms with Crippen molar-refractivity contribution in [3.05, 3.63) is 36.7 Å². The zero-order chi connectivity index (χ0) is 18.3. The third-order valence-corrected chi connectivity index (χ3v) is 6.27. The van der Waals surface area contributed by atoms with Gasteiger partial charge in [0.15, 0.2) is 0 Å². The lowest BCUT2D eigenvalue weighted by Gasteiger charge is -2.24. The molecule has 0 aliphatic carbocycles. The van der Waals surface area contributed by atoms with Gasteiger partial charge in [0.25, 0.3) is 0 Å². The van der Waals surface area contributed by atoms with Gasteiger partial charge in [-0.25, -0.2) is 8.42 Å². The summed E-state index contributed by atoms with van der Waals surface area (Å²) in [6.07, 6.45) is 7.59. The monoisotopic (exact) mass is 363 g/mol. The Morgan fingerprint density at radius 3 is 2.52 bits per heavy atom. The maximum absolute atomic E-state index is 13.3. The summed E-state index contributed by atoms with van der Waals surface area (Å²) in [5, 5.41) is 1.59. The molecule has 0 spiro atoms. The highest BCUT2D eigenvalue weighted by molar-refractivity contribution is 7.89. The van der Waals surface area contributed by atoms with Gasteiger partial charge in [-0.05, 0) is 32.6 Å².